The van der Waals surface area contributed by atoms with Crippen molar-refractivity contribution >= 4 is 28.3 Å². The Bertz CT molecular complexity index is 821. The van der Waals surface area contributed by atoms with Crippen LogP contribution in [0.25, 0.3) is 22.3 Å². The zero-order valence-electron chi connectivity index (χ0n) is 10.1. The van der Waals surface area contributed by atoms with E-state index in [-0.39, 0.29) is 16.7 Å². The summed E-state index contributed by atoms with van der Waals surface area (Å²) in [6.07, 6.45) is 0. The van der Waals surface area contributed by atoms with Crippen LogP contribution < -0.4 is 5.73 Å². The van der Waals surface area contributed by atoms with Crippen LogP contribution >= 0.6 is 11.6 Å². The van der Waals surface area contributed by atoms with Gasteiger partial charge in [0, 0.05) is 10.9 Å². The summed E-state index contributed by atoms with van der Waals surface area (Å²) in [4.78, 5) is 8.32. The lowest BCUT2D eigenvalue weighted by atomic mass is 10.1. The summed E-state index contributed by atoms with van der Waals surface area (Å²) in [7, 11) is 0. The Morgan fingerprint density at radius 3 is 2.55 bits per heavy atom. The molecule has 6 heteroatoms. The molecular formula is C14H8ClF2N3. The van der Waals surface area contributed by atoms with Crippen molar-refractivity contribution in [2.24, 2.45) is 0 Å². The highest BCUT2D eigenvalue weighted by Gasteiger charge is 2.10. The summed E-state index contributed by atoms with van der Waals surface area (Å²) in [6, 6.07) is 8.28. The van der Waals surface area contributed by atoms with Crippen molar-refractivity contribution in [3.63, 3.8) is 0 Å². The second-order valence-electron chi connectivity index (χ2n) is 4.22. The van der Waals surface area contributed by atoms with E-state index in [1.165, 1.54) is 30.3 Å². The molecule has 0 unspecified atom stereocenters. The molecule has 0 aliphatic heterocycles. The molecule has 1 heterocycles. The first kappa shape index (κ1) is 12.7. The molecule has 0 bridgehead atoms. The van der Waals surface area contributed by atoms with Crippen molar-refractivity contribution in [2.75, 3.05) is 5.73 Å². The van der Waals surface area contributed by atoms with Crippen molar-refractivity contribution < 1.29 is 8.78 Å². The first-order valence-electron chi connectivity index (χ1n) is 5.73. The summed E-state index contributed by atoms with van der Waals surface area (Å²) in [6.45, 7) is 0. The van der Waals surface area contributed by atoms with Gasteiger partial charge in [0.05, 0.1) is 10.5 Å². The van der Waals surface area contributed by atoms with Gasteiger partial charge in [0.2, 0.25) is 0 Å². The maximum Gasteiger partial charge on any atom is 0.162 e. The van der Waals surface area contributed by atoms with Gasteiger partial charge in [0.15, 0.2) is 5.82 Å². The average Bonchev–Trinajstić information content (AvgIpc) is 2.42. The van der Waals surface area contributed by atoms with Crippen LogP contribution in [-0.2, 0) is 0 Å². The number of hydrogen-bond donors (Lipinski definition) is 1. The van der Waals surface area contributed by atoms with Crippen molar-refractivity contribution in [2.45, 2.75) is 0 Å². The van der Waals surface area contributed by atoms with Crippen molar-refractivity contribution in [3.05, 3.63) is 53.1 Å². The Morgan fingerprint density at radius 1 is 1.00 bits per heavy atom. The van der Waals surface area contributed by atoms with Gasteiger partial charge in [-0.1, -0.05) is 11.6 Å². The normalized spacial score (nSPS) is 10.9. The molecule has 0 atom stereocenters. The van der Waals surface area contributed by atoms with Gasteiger partial charge in [0.25, 0.3) is 0 Å². The summed E-state index contributed by atoms with van der Waals surface area (Å²) in [5.74, 6) is -0.583. The van der Waals surface area contributed by atoms with E-state index in [4.69, 9.17) is 17.3 Å². The second kappa shape index (κ2) is 4.68. The fraction of sp³-hybridized carbons (Fsp3) is 0. The van der Waals surface area contributed by atoms with Crippen LogP contribution in [0.1, 0.15) is 0 Å². The topological polar surface area (TPSA) is 51.8 Å². The lowest BCUT2D eigenvalue weighted by Gasteiger charge is -2.06. The Kier molecular flexibility index (Phi) is 2.99. The van der Waals surface area contributed by atoms with E-state index >= 15 is 0 Å². The number of nitrogens with zero attached hydrogens (tertiary/aromatic N) is 2. The van der Waals surface area contributed by atoms with Crippen LogP contribution in [0, 0.1) is 11.6 Å². The van der Waals surface area contributed by atoms with E-state index in [0.29, 0.717) is 16.5 Å². The monoisotopic (exact) mass is 291 g/mol. The smallest absolute Gasteiger partial charge is 0.162 e. The number of nitrogen functional groups attached to an aromatic ring is 1. The SMILES string of the molecule is Nc1nc(-c2ccc(Cl)c(F)c2)nc2ccc(F)cc12. The van der Waals surface area contributed by atoms with Crippen LogP contribution in [0.4, 0.5) is 14.6 Å². The van der Waals surface area contributed by atoms with Gasteiger partial charge in [-0.25, -0.2) is 18.7 Å². The molecule has 2 N–H and O–H groups in total. The molecule has 0 spiro atoms. The average molecular weight is 292 g/mol. The number of nitrogens with two attached hydrogens (primary N) is 1. The molecule has 0 aliphatic carbocycles. The molecule has 100 valence electrons. The Labute approximate surface area is 118 Å². The van der Waals surface area contributed by atoms with Gasteiger partial charge in [-0.05, 0) is 36.4 Å². The molecule has 3 nitrogen and oxygen atoms in total. The predicted molar refractivity (Wildman–Crippen MR) is 74.3 cm³/mol. The third kappa shape index (κ3) is 2.16. The van der Waals surface area contributed by atoms with Crippen molar-refractivity contribution in [3.8, 4) is 11.4 Å². The van der Waals surface area contributed by atoms with Gasteiger partial charge in [-0.2, -0.15) is 0 Å². The molecule has 3 rings (SSSR count). The van der Waals surface area contributed by atoms with Crippen LogP contribution in [0.15, 0.2) is 36.4 Å². The molecular weight excluding hydrogens is 284 g/mol. The summed E-state index contributed by atoms with van der Waals surface area (Å²) in [5.41, 5.74) is 6.73. The third-order valence-corrected chi connectivity index (χ3v) is 3.17. The minimum atomic E-state index is -0.564. The molecule has 3 aromatic rings. The molecule has 0 aliphatic rings. The van der Waals surface area contributed by atoms with E-state index < -0.39 is 11.6 Å². The lowest BCUT2D eigenvalue weighted by molar-refractivity contribution is 0.628. The van der Waals surface area contributed by atoms with Crippen molar-refractivity contribution in [1.82, 2.24) is 9.97 Å². The largest absolute Gasteiger partial charge is 0.383 e. The van der Waals surface area contributed by atoms with Crippen LogP contribution in [0.2, 0.25) is 5.02 Å². The highest BCUT2D eigenvalue weighted by molar-refractivity contribution is 6.30. The van der Waals surface area contributed by atoms with Crippen LogP contribution in [0.5, 0.6) is 0 Å². The predicted octanol–water partition coefficient (Wildman–Crippen LogP) is 3.81. The number of anilines is 1. The molecule has 0 radical (unpaired) electrons. The summed E-state index contributed by atoms with van der Waals surface area (Å²) >= 11 is 5.63. The third-order valence-electron chi connectivity index (χ3n) is 2.87. The first-order valence-corrected chi connectivity index (χ1v) is 6.10. The lowest BCUT2D eigenvalue weighted by Crippen LogP contribution is -1.98. The molecule has 2 aromatic carbocycles. The fourth-order valence-corrected chi connectivity index (χ4v) is 2.01. The van der Waals surface area contributed by atoms with Gasteiger partial charge in [-0.15, -0.1) is 0 Å². The standard InChI is InChI=1S/C14H8ClF2N3/c15-10-3-1-7(5-11(10)17)14-19-12-4-2-8(16)6-9(12)13(18)20-14/h1-6H,(H2,18,19,20). The number of benzene rings is 2. The van der Waals surface area contributed by atoms with Gasteiger partial charge in [0.1, 0.15) is 17.5 Å². The van der Waals surface area contributed by atoms with Crippen molar-refractivity contribution in [1.29, 1.82) is 0 Å². The molecule has 0 saturated carbocycles. The van der Waals surface area contributed by atoms with Crippen LogP contribution in [0.3, 0.4) is 0 Å². The van der Waals surface area contributed by atoms with E-state index in [0.717, 1.165) is 0 Å². The molecule has 0 saturated heterocycles. The van der Waals surface area contributed by atoms with E-state index in [1.54, 1.807) is 6.07 Å². The highest BCUT2D eigenvalue weighted by Crippen LogP contribution is 2.26. The molecule has 0 amide bonds. The van der Waals surface area contributed by atoms with Gasteiger partial charge >= 0.3 is 0 Å². The first-order chi connectivity index (χ1) is 9.54. The zero-order chi connectivity index (χ0) is 14.3. The van der Waals surface area contributed by atoms with Gasteiger partial charge < -0.3 is 5.73 Å². The Balaban J connectivity index is 2.21. The highest BCUT2D eigenvalue weighted by atomic mass is 35.5. The molecule has 0 fully saturated rings. The van der Waals surface area contributed by atoms with E-state index in [9.17, 15) is 8.78 Å². The number of fused-ring (bicyclic) bond motifs is 1. The number of aromatic nitrogens is 2. The minimum Gasteiger partial charge on any atom is -0.383 e. The van der Waals surface area contributed by atoms with Crippen LogP contribution in [-0.4, -0.2) is 9.97 Å². The minimum absolute atomic E-state index is 0.0181. The maximum absolute atomic E-state index is 13.5. The molecule has 20 heavy (non-hydrogen) atoms. The zero-order valence-corrected chi connectivity index (χ0v) is 10.8. The summed E-state index contributed by atoms with van der Waals surface area (Å²) < 4.78 is 26.6. The van der Waals surface area contributed by atoms with Gasteiger partial charge in [-0.3, -0.25) is 0 Å². The number of halogens is 3. The number of hydrogen-bond acceptors (Lipinski definition) is 3. The quantitative estimate of drug-likeness (QED) is 0.742. The second-order valence-corrected chi connectivity index (χ2v) is 4.63. The molecule has 1 aromatic heterocycles. The Morgan fingerprint density at radius 2 is 1.80 bits per heavy atom. The number of rotatable bonds is 1. The maximum atomic E-state index is 13.5. The Hall–Kier alpha value is -2.27. The fourth-order valence-electron chi connectivity index (χ4n) is 1.89. The summed E-state index contributed by atoms with van der Waals surface area (Å²) in [5, 5.41) is 0.438. The van der Waals surface area contributed by atoms with E-state index in [1.807, 2.05) is 0 Å². The van der Waals surface area contributed by atoms with E-state index in [2.05, 4.69) is 9.97 Å².